The van der Waals surface area contributed by atoms with Crippen LogP contribution in [0.25, 0.3) is 0 Å². The summed E-state index contributed by atoms with van der Waals surface area (Å²) in [7, 11) is 0. The fourth-order valence-electron chi connectivity index (χ4n) is 0. The van der Waals surface area contributed by atoms with Crippen LogP contribution in [0.15, 0.2) is 0 Å². The molecule has 0 saturated heterocycles. The Hall–Kier alpha value is 1.09. The average molecular weight is 160 g/mol. The van der Waals surface area contributed by atoms with E-state index >= 15 is 0 Å². The number of hydrogen-bond donors (Lipinski definition) is 1. The molecular formula is HClO2Zr. The second-order valence-corrected chi connectivity index (χ2v) is 0.207. The Morgan fingerprint density at radius 3 is 1.75 bits per heavy atom. The molecular weight excluding hydrogens is 159 g/mol. The minimum absolute atomic E-state index is 0. The minimum atomic E-state index is 0. The fourth-order valence-corrected chi connectivity index (χ4v) is 0. The average Bonchev–Trinajstić information content (AvgIpc) is 0.918. The van der Waals surface area contributed by atoms with Gasteiger partial charge in [0.15, 0.2) is 0 Å². The van der Waals surface area contributed by atoms with Gasteiger partial charge in [-0.2, -0.15) is 0 Å². The van der Waals surface area contributed by atoms with Crippen LogP contribution in [-0.4, -0.2) is 5.26 Å². The van der Waals surface area contributed by atoms with Crippen molar-refractivity contribution >= 4 is 11.9 Å². The molecule has 0 spiro atoms. The smallest absolute Gasteiger partial charge is 0.0997 e. The first-order valence-corrected chi connectivity index (χ1v) is 0.645. The summed E-state index contributed by atoms with van der Waals surface area (Å²) in [6.45, 7) is 0. The number of hydrogen-bond acceptors (Lipinski definition) is 2. The van der Waals surface area contributed by atoms with Gasteiger partial charge >= 0.3 is 0 Å². The van der Waals surface area contributed by atoms with E-state index in [0.717, 1.165) is 0 Å². The maximum absolute atomic E-state index is 6.83. The largest absolute Gasteiger partial charge is 0.233 e. The van der Waals surface area contributed by atoms with Crippen LogP contribution < -0.4 is 0 Å². The molecule has 0 aliphatic heterocycles. The maximum Gasteiger partial charge on any atom is 0.0997 e. The van der Waals surface area contributed by atoms with Gasteiger partial charge in [-0.25, -0.2) is 5.26 Å². The molecule has 0 aliphatic carbocycles. The molecule has 0 rings (SSSR count). The zero-order valence-electron chi connectivity index (χ0n) is 1.73. The molecule has 0 aliphatic rings. The van der Waals surface area contributed by atoms with Crippen molar-refractivity contribution in [2.75, 3.05) is 0 Å². The van der Waals surface area contributed by atoms with E-state index < -0.39 is 0 Å². The van der Waals surface area contributed by atoms with Gasteiger partial charge in [0.25, 0.3) is 0 Å². The van der Waals surface area contributed by atoms with Crippen LogP contribution in [0, 0.1) is 0 Å². The van der Waals surface area contributed by atoms with Crippen LogP contribution in [0.4, 0.5) is 0 Å². The molecule has 1 N–H and O–H groups in total. The van der Waals surface area contributed by atoms with Gasteiger partial charge in [0.05, 0.1) is 11.9 Å². The molecule has 0 aromatic heterocycles. The standard InChI is InChI=1S/ClHO2.Zr/c1-3-2;/h2H;. The van der Waals surface area contributed by atoms with Crippen molar-refractivity contribution < 1.29 is 35.9 Å². The third-order valence-electron chi connectivity index (χ3n) is 0. The third kappa shape index (κ3) is 11.3. The van der Waals surface area contributed by atoms with Gasteiger partial charge in [-0.15, -0.1) is 4.44 Å². The van der Waals surface area contributed by atoms with Gasteiger partial charge in [-0.3, -0.25) is 0 Å². The van der Waals surface area contributed by atoms with Gasteiger partial charge in [0.1, 0.15) is 0 Å². The Morgan fingerprint density at radius 1 is 1.75 bits per heavy atom. The van der Waals surface area contributed by atoms with E-state index in [9.17, 15) is 0 Å². The predicted molar refractivity (Wildman–Crippen MR) is 9.57 cm³/mol. The molecule has 4 heavy (non-hydrogen) atoms. The predicted octanol–water partition coefficient (Wildman–Crippen LogP) is 0.627. The molecule has 0 aromatic carbocycles. The summed E-state index contributed by atoms with van der Waals surface area (Å²) in [5, 5.41) is 6.83. The summed E-state index contributed by atoms with van der Waals surface area (Å²) in [4.78, 5) is 0. The Bertz CT molecular complexity index is 6.00. The first-order chi connectivity index (χ1) is 1.41. The Labute approximate surface area is 47.9 Å². The second kappa shape index (κ2) is 8.94. The van der Waals surface area contributed by atoms with Crippen molar-refractivity contribution in [2.24, 2.45) is 0 Å². The normalized spacial score (nSPS) is 4.50. The second-order valence-electron chi connectivity index (χ2n) is 0.0690. The van der Waals surface area contributed by atoms with Gasteiger partial charge in [-0.05, 0) is 0 Å². The molecule has 0 aromatic rings. The molecule has 0 heterocycles. The van der Waals surface area contributed by atoms with E-state index in [4.69, 9.17) is 5.26 Å². The molecule has 0 unspecified atom stereocenters. The summed E-state index contributed by atoms with van der Waals surface area (Å²) < 4.78 is 2.72. The minimum Gasteiger partial charge on any atom is -0.233 e. The van der Waals surface area contributed by atoms with Crippen LogP contribution in [0.1, 0.15) is 0 Å². The summed E-state index contributed by atoms with van der Waals surface area (Å²) in [5.74, 6) is 0. The maximum atomic E-state index is 6.83. The monoisotopic (exact) mass is 158 g/mol. The Morgan fingerprint density at radius 2 is 1.75 bits per heavy atom. The Balaban J connectivity index is 0. The summed E-state index contributed by atoms with van der Waals surface area (Å²) in [6, 6.07) is 0. The molecule has 0 bridgehead atoms. The third-order valence-corrected chi connectivity index (χ3v) is 0. The van der Waals surface area contributed by atoms with Crippen LogP contribution in [-0.2, 0) is 30.6 Å². The van der Waals surface area contributed by atoms with E-state index in [-0.39, 0.29) is 26.2 Å². The molecule has 0 radical (unpaired) electrons. The van der Waals surface area contributed by atoms with Gasteiger partial charge in [-0.1, -0.05) is 0 Å². The SMILES string of the molecule is OOCl.[Zr]. The van der Waals surface area contributed by atoms with Crippen LogP contribution >= 0.6 is 11.9 Å². The summed E-state index contributed by atoms with van der Waals surface area (Å²) in [5.41, 5.74) is 0. The summed E-state index contributed by atoms with van der Waals surface area (Å²) >= 11 is 4.05. The molecule has 4 heteroatoms. The molecule has 0 fully saturated rings. The topological polar surface area (TPSA) is 29.5 Å². The van der Waals surface area contributed by atoms with Crippen molar-refractivity contribution in [1.82, 2.24) is 0 Å². The van der Waals surface area contributed by atoms with Gasteiger partial charge in [0.2, 0.25) is 0 Å². The van der Waals surface area contributed by atoms with Crippen molar-refractivity contribution in [3.05, 3.63) is 0 Å². The first kappa shape index (κ1) is 8.92. The Kier molecular flexibility index (Phi) is 19.9. The molecule has 0 amide bonds. The molecule has 2 nitrogen and oxygen atoms in total. The van der Waals surface area contributed by atoms with E-state index in [1.54, 1.807) is 0 Å². The van der Waals surface area contributed by atoms with Crippen molar-refractivity contribution in [3.8, 4) is 0 Å². The first-order valence-electron chi connectivity index (χ1n) is 0.337. The number of rotatable bonds is 0. The quantitative estimate of drug-likeness (QED) is 0.415. The van der Waals surface area contributed by atoms with E-state index in [2.05, 4.69) is 16.3 Å². The van der Waals surface area contributed by atoms with Crippen LogP contribution in [0.2, 0.25) is 0 Å². The zero-order valence-corrected chi connectivity index (χ0v) is 4.95. The summed E-state index contributed by atoms with van der Waals surface area (Å²) in [6.07, 6.45) is 0. The van der Waals surface area contributed by atoms with Gasteiger partial charge < -0.3 is 0 Å². The van der Waals surface area contributed by atoms with Crippen LogP contribution in [0.5, 0.6) is 0 Å². The molecule has 24 valence electrons. The molecule has 0 atom stereocenters. The van der Waals surface area contributed by atoms with Crippen molar-refractivity contribution in [2.45, 2.75) is 0 Å². The van der Waals surface area contributed by atoms with Crippen molar-refractivity contribution in [1.29, 1.82) is 0 Å². The van der Waals surface area contributed by atoms with Crippen molar-refractivity contribution in [3.63, 3.8) is 0 Å². The fraction of sp³-hybridized carbons (Fsp3) is 0. The molecule has 0 saturated carbocycles. The van der Waals surface area contributed by atoms with E-state index in [1.807, 2.05) is 0 Å². The van der Waals surface area contributed by atoms with E-state index in [0.29, 0.717) is 0 Å². The zero-order chi connectivity index (χ0) is 2.71. The van der Waals surface area contributed by atoms with Crippen LogP contribution in [0.3, 0.4) is 0 Å². The number of halogens is 1. The van der Waals surface area contributed by atoms with Gasteiger partial charge in [0, 0.05) is 26.2 Å². The van der Waals surface area contributed by atoms with E-state index in [1.165, 1.54) is 0 Å².